The Morgan fingerprint density at radius 3 is 2.17 bits per heavy atom. The van der Waals surface area contributed by atoms with E-state index < -0.39 is 17.2 Å². The van der Waals surface area contributed by atoms with E-state index in [4.69, 9.17) is 13.9 Å². The number of carbonyl (C=O) groups is 2. The number of aryl methyl sites for hydroxylation is 3. The molecule has 5 nitrogen and oxygen atoms in total. The van der Waals surface area contributed by atoms with E-state index in [2.05, 4.69) is 0 Å². The molecule has 1 aromatic heterocycles. The molecule has 0 saturated carbocycles. The highest BCUT2D eigenvalue weighted by Gasteiger charge is 2.35. The summed E-state index contributed by atoms with van der Waals surface area (Å²) >= 11 is 1.62. The SMILES string of the molecule is CSc1ccc(C(=O)/C=C/c2cc(C)c(OC(C)(C)C(=O)OC(C)(C)C)c(C)c2)c2oc(C)cc12. The highest BCUT2D eigenvalue weighted by atomic mass is 32.2. The molecule has 0 N–H and O–H groups in total. The van der Waals surface area contributed by atoms with Crippen LogP contribution in [0.4, 0.5) is 0 Å². The minimum atomic E-state index is -1.15. The number of hydrogen-bond acceptors (Lipinski definition) is 6. The number of allylic oxidation sites excluding steroid dienone is 1. The third-order valence-corrected chi connectivity index (χ3v) is 6.21. The molecule has 186 valence electrons. The largest absolute Gasteiger partial charge is 0.476 e. The van der Waals surface area contributed by atoms with Gasteiger partial charge in [0.15, 0.2) is 11.4 Å². The Morgan fingerprint density at radius 1 is 0.971 bits per heavy atom. The maximum atomic E-state index is 13.0. The molecule has 0 aliphatic rings. The summed E-state index contributed by atoms with van der Waals surface area (Å²) < 4.78 is 17.5. The molecule has 3 rings (SSSR count). The monoisotopic (exact) mass is 494 g/mol. The van der Waals surface area contributed by atoms with Crippen molar-refractivity contribution in [3.8, 4) is 5.75 Å². The molecule has 0 unspecified atom stereocenters. The number of carbonyl (C=O) groups excluding carboxylic acids is 2. The number of esters is 1. The summed E-state index contributed by atoms with van der Waals surface area (Å²) in [5, 5.41) is 0.954. The second kappa shape index (κ2) is 9.94. The van der Waals surface area contributed by atoms with Gasteiger partial charge in [-0.3, -0.25) is 4.79 Å². The van der Waals surface area contributed by atoms with Crippen LogP contribution >= 0.6 is 11.8 Å². The van der Waals surface area contributed by atoms with Crippen LogP contribution in [-0.4, -0.2) is 29.2 Å². The number of fused-ring (bicyclic) bond motifs is 1. The maximum absolute atomic E-state index is 13.0. The van der Waals surface area contributed by atoms with Gasteiger partial charge in [0.05, 0.1) is 5.56 Å². The lowest BCUT2D eigenvalue weighted by Gasteiger charge is -2.30. The van der Waals surface area contributed by atoms with Gasteiger partial charge in [-0.2, -0.15) is 0 Å². The van der Waals surface area contributed by atoms with Crippen molar-refractivity contribution in [2.45, 2.75) is 71.5 Å². The lowest BCUT2D eigenvalue weighted by atomic mass is 10.0. The lowest BCUT2D eigenvalue weighted by Crippen LogP contribution is -2.43. The molecule has 1 heterocycles. The zero-order chi connectivity index (χ0) is 26.1. The van der Waals surface area contributed by atoms with Crippen LogP contribution in [0.15, 0.2) is 45.7 Å². The first kappa shape index (κ1) is 26.6. The van der Waals surface area contributed by atoms with E-state index in [1.165, 1.54) is 0 Å². The zero-order valence-electron chi connectivity index (χ0n) is 22.0. The number of ether oxygens (including phenoxy) is 2. The number of rotatable bonds is 7. The van der Waals surface area contributed by atoms with Gasteiger partial charge in [-0.15, -0.1) is 11.8 Å². The molecule has 0 fully saturated rings. The van der Waals surface area contributed by atoms with Crippen molar-refractivity contribution in [1.29, 1.82) is 0 Å². The number of furan rings is 1. The first-order valence-corrected chi connectivity index (χ1v) is 12.8. The topological polar surface area (TPSA) is 65.7 Å². The van der Waals surface area contributed by atoms with E-state index in [1.54, 1.807) is 37.8 Å². The van der Waals surface area contributed by atoms with Crippen LogP contribution in [0.25, 0.3) is 17.0 Å². The molecule has 0 aliphatic carbocycles. The molecule has 3 aromatic rings. The normalized spacial score (nSPS) is 12.4. The Kier molecular flexibility index (Phi) is 7.56. The summed E-state index contributed by atoms with van der Waals surface area (Å²) in [6.07, 6.45) is 5.35. The fourth-order valence-electron chi connectivity index (χ4n) is 3.79. The van der Waals surface area contributed by atoms with Crippen LogP contribution < -0.4 is 4.74 Å². The van der Waals surface area contributed by atoms with E-state index >= 15 is 0 Å². The van der Waals surface area contributed by atoms with Crippen molar-refractivity contribution in [2.75, 3.05) is 6.26 Å². The summed E-state index contributed by atoms with van der Waals surface area (Å²) in [5.74, 6) is 0.851. The van der Waals surface area contributed by atoms with E-state index in [0.29, 0.717) is 16.9 Å². The van der Waals surface area contributed by atoms with Crippen LogP contribution in [0.2, 0.25) is 0 Å². The lowest BCUT2D eigenvalue weighted by molar-refractivity contribution is -0.171. The summed E-state index contributed by atoms with van der Waals surface area (Å²) in [5.41, 5.74) is 2.00. The average Bonchev–Trinajstić information content (AvgIpc) is 3.14. The van der Waals surface area contributed by atoms with Crippen LogP contribution in [0.3, 0.4) is 0 Å². The van der Waals surface area contributed by atoms with Gasteiger partial charge in [-0.05, 0) is 115 Å². The Morgan fingerprint density at radius 2 is 1.60 bits per heavy atom. The number of ketones is 1. The fraction of sp³-hybridized carbons (Fsp3) is 0.379. The van der Waals surface area contributed by atoms with Crippen LogP contribution in [0, 0.1) is 20.8 Å². The van der Waals surface area contributed by atoms with Gasteiger partial charge in [-0.25, -0.2) is 4.79 Å². The highest BCUT2D eigenvalue weighted by molar-refractivity contribution is 7.98. The molecular weight excluding hydrogens is 460 g/mol. The predicted octanol–water partition coefficient (Wildman–Crippen LogP) is 7.48. The molecule has 0 amide bonds. The Balaban J connectivity index is 1.84. The van der Waals surface area contributed by atoms with Crippen molar-refractivity contribution in [3.05, 3.63) is 64.4 Å². The number of benzene rings is 2. The van der Waals surface area contributed by atoms with Gasteiger partial charge in [0.2, 0.25) is 0 Å². The van der Waals surface area contributed by atoms with Gasteiger partial charge in [-0.1, -0.05) is 6.08 Å². The Bertz CT molecular complexity index is 1280. The molecule has 6 heteroatoms. The first-order chi connectivity index (χ1) is 16.2. The van der Waals surface area contributed by atoms with Crippen molar-refractivity contribution in [3.63, 3.8) is 0 Å². The summed E-state index contributed by atoms with van der Waals surface area (Å²) in [6.45, 7) is 14.6. The average molecular weight is 495 g/mol. The minimum absolute atomic E-state index is 0.126. The van der Waals surface area contributed by atoms with Crippen LogP contribution in [-0.2, 0) is 9.53 Å². The predicted molar refractivity (Wildman–Crippen MR) is 143 cm³/mol. The summed E-state index contributed by atoms with van der Waals surface area (Å²) in [4.78, 5) is 26.7. The molecule has 0 atom stereocenters. The smallest absolute Gasteiger partial charge is 0.350 e. The van der Waals surface area contributed by atoms with Gasteiger partial charge in [0, 0.05) is 10.3 Å². The maximum Gasteiger partial charge on any atom is 0.350 e. The molecule has 0 spiro atoms. The summed E-state index contributed by atoms with van der Waals surface area (Å²) in [7, 11) is 0. The highest BCUT2D eigenvalue weighted by Crippen LogP contribution is 2.33. The molecule has 2 aromatic carbocycles. The van der Waals surface area contributed by atoms with Crippen molar-refractivity contribution < 1.29 is 23.5 Å². The minimum Gasteiger partial charge on any atom is -0.476 e. The second-order valence-electron chi connectivity index (χ2n) is 10.2. The van der Waals surface area contributed by atoms with Crippen molar-refractivity contribution >= 4 is 40.6 Å². The molecular formula is C29H34O5S. The number of thioether (sulfide) groups is 1. The molecule has 0 radical (unpaired) electrons. The first-order valence-electron chi connectivity index (χ1n) is 11.5. The van der Waals surface area contributed by atoms with Gasteiger partial charge < -0.3 is 13.9 Å². The molecule has 35 heavy (non-hydrogen) atoms. The van der Waals surface area contributed by atoms with Gasteiger partial charge >= 0.3 is 5.97 Å². The van der Waals surface area contributed by atoms with E-state index in [-0.39, 0.29) is 5.78 Å². The van der Waals surface area contributed by atoms with Crippen molar-refractivity contribution in [1.82, 2.24) is 0 Å². The van der Waals surface area contributed by atoms with E-state index in [1.807, 2.05) is 78.1 Å². The Labute approximate surface area is 211 Å². The molecule has 0 bridgehead atoms. The molecule has 0 saturated heterocycles. The molecule has 0 aliphatic heterocycles. The standard InChI is InChI=1S/C29H34O5S/c1-17-14-20(15-18(2)25(17)33-29(7,8)27(31)34-28(4,5)6)10-12-23(30)21-11-13-24(35-9)22-16-19(3)32-26(21)22/h10-16H,1-9H3/b12-10+. The quantitative estimate of drug-likeness (QED) is 0.147. The number of hydrogen-bond donors (Lipinski definition) is 0. The van der Waals surface area contributed by atoms with Crippen LogP contribution in [0.1, 0.15) is 67.4 Å². The zero-order valence-corrected chi connectivity index (χ0v) is 22.8. The second-order valence-corrected chi connectivity index (χ2v) is 11.1. The fourth-order valence-corrected chi connectivity index (χ4v) is 4.37. The van der Waals surface area contributed by atoms with Gasteiger partial charge in [0.1, 0.15) is 22.7 Å². The Hall–Kier alpha value is -2.99. The van der Waals surface area contributed by atoms with Gasteiger partial charge in [0.25, 0.3) is 0 Å². The third kappa shape index (κ3) is 6.17. The van der Waals surface area contributed by atoms with E-state index in [9.17, 15) is 9.59 Å². The summed E-state index contributed by atoms with van der Waals surface area (Å²) in [6, 6.07) is 9.60. The third-order valence-electron chi connectivity index (χ3n) is 5.41. The van der Waals surface area contributed by atoms with Crippen molar-refractivity contribution in [2.24, 2.45) is 0 Å². The van der Waals surface area contributed by atoms with Crippen LogP contribution in [0.5, 0.6) is 5.75 Å². The van der Waals surface area contributed by atoms with E-state index in [0.717, 1.165) is 32.7 Å².